The van der Waals surface area contributed by atoms with Gasteiger partial charge >= 0.3 is 0 Å². The van der Waals surface area contributed by atoms with E-state index in [1.54, 1.807) is 13.2 Å². The van der Waals surface area contributed by atoms with Crippen molar-refractivity contribution in [2.45, 2.75) is 32.6 Å². The van der Waals surface area contributed by atoms with Crippen LogP contribution in [0.5, 0.6) is 0 Å². The van der Waals surface area contributed by atoms with E-state index in [2.05, 4.69) is 20.2 Å². The van der Waals surface area contributed by atoms with Crippen LogP contribution in [-0.2, 0) is 4.74 Å². The molecule has 1 aliphatic heterocycles. The lowest BCUT2D eigenvalue weighted by molar-refractivity contribution is 0.0943. The molecule has 2 rings (SSSR count). The first kappa shape index (κ1) is 15.7. The van der Waals surface area contributed by atoms with Crippen LogP contribution in [0, 0.1) is 6.92 Å². The molecule has 1 aromatic heterocycles. The summed E-state index contributed by atoms with van der Waals surface area (Å²) in [6.07, 6.45) is 4.38. The van der Waals surface area contributed by atoms with Crippen LogP contribution in [0.4, 0.5) is 5.95 Å². The highest BCUT2D eigenvalue weighted by molar-refractivity contribution is 5.92. The smallest absolute Gasteiger partial charge is 0.270 e. The Labute approximate surface area is 125 Å². The quantitative estimate of drug-likeness (QED) is 0.806. The molecule has 1 aromatic rings. The molecule has 0 saturated carbocycles. The topological polar surface area (TPSA) is 67.3 Å². The third kappa shape index (κ3) is 4.67. The van der Waals surface area contributed by atoms with Crippen molar-refractivity contribution in [3.63, 3.8) is 0 Å². The largest absolute Gasteiger partial charge is 0.385 e. The zero-order chi connectivity index (χ0) is 15.1. The molecule has 1 N–H and O–H groups in total. The molecule has 0 atom stereocenters. The molecule has 0 aliphatic carbocycles. The van der Waals surface area contributed by atoms with E-state index < -0.39 is 0 Å². The number of amides is 1. The Morgan fingerprint density at radius 1 is 1.33 bits per heavy atom. The third-order valence-corrected chi connectivity index (χ3v) is 3.52. The Hall–Kier alpha value is -1.69. The van der Waals surface area contributed by atoms with Crippen LogP contribution in [0.15, 0.2) is 6.07 Å². The van der Waals surface area contributed by atoms with Crippen molar-refractivity contribution in [2.24, 2.45) is 0 Å². The first-order chi connectivity index (χ1) is 10.2. The lowest BCUT2D eigenvalue weighted by atomic mass is 10.1. The van der Waals surface area contributed by atoms with Gasteiger partial charge in [0.15, 0.2) is 0 Å². The predicted molar refractivity (Wildman–Crippen MR) is 81.7 cm³/mol. The van der Waals surface area contributed by atoms with E-state index in [1.165, 1.54) is 6.42 Å². The molecule has 6 heteroatoms. The van der Waals surface area contributed by atoms with Crippen molar-refractivity contribution >= 4 is 11.9 Å². The highest BCUT2D eigenvalue weighted by atomic mass is 16.5. The number of aryl methyl sites for hydroxylation is 1. The van der Waals surface area contributed by atoms with Crippen molar-refractivity contribution in [2.75, 3.05) is 38.3 Å². The molecule has 0 spiro atoms. The van der Waals surface area contributed by atoms with E-state index in [-0.39, 0.29) is 5.91 Å². The fraction of sp³-hybridized carbons (Fsp3) is 0.667. The monoisotopic (exact) mass is 292 g/mol. The summed E-state index contributed by atoms with van der Waals surface area (Å²) in [6, 6.07) is 1.74. The molecule has 1 aliphatic rings. The van der Waals surface area contributed by atoms with Gasteiger partial charge in [-0.1, -0.05) is 0 Å². The number of piperidine rings is 1. The van der Waals surface area contributed by atoms with Crippen LogP contribution in [0.2, 0.25) is 0 Å². The van der Waals surface area contributed by atoms with E-state index in [0.29, 0.717) is 24.8 Å². The second kappa shape index (κ2) is 7.93. The van der Waals surface area contributed by atoms with Gasteiger partial charge in [-0.2, -0.15) is 0 Å². The maximum absolute atomic E-state index is 12.1. The van der Waals surface area contributed by atoms with Crippen molar-refractivity contribution in [1.29, 1.82) is 0 Å². The number of methoxy groups -OCH3 is 1. The van der Waals surface area contributed by atoms with Crippen LogP contribution in [-0.4, -0.2) is 49.2 Å². The van der Waals surface area contributed by atoms with Crippen molar-refractivity contribution in [3.05, 3.63) is 17.5 Å². The second-order valence-electron chi connectivity index (χ2n) is 5.34. The SMILES string of the molecule is COCCCNC(=O)c1cc(C)nc(N2CCCCC2)n1. The summed E-state index contributed by atoms with van der Waals surface area (Å²) in [5, 5.41) is 2.86. The summed E-state index contributed by atoms with van der Waals surface area (Å²) in [7, 11) is 1.65. The number of carbonyl (C=O) groups excluding carboxylic acids is 1. The van der Waals surface area contributed by atoms with Crippen LogP contribution < -0.4 is 10.2 Å². The van der Waals surface area contributed by atoms with Crippen LogP contribution in [0.3, 0.4) is 0 Å². The first-order valence-electron chi connectivity index (χ1n) is 7.58. The van der Waals surface area contributed by atoms with Crippen molar-refractivity contribution in [1.82, 2.24) is 15.3 Å². The second-order valence-corrected chi connectivity index (χ2v) is 5.34. The van der Waals surface area contributed by atoms with E-state index >= 15 is 0 Å². The molecular formula is C15H24N4O2. The minimum Gasteiger partial charge on any atom is -0.385 e. The average molecular weight is 292 g/mol. The predicted octanol–water partition coefficient (Wildman–Crippen LogP) is 1.54. The van der Waals surface area contributed by atoms with E-state index in [4.69, 9.17) is 4.74 Å². The number of anilines is 1. The molecule has 0 bridgehead atoms. The zero-order valence-corrected chi connectivity index (χ0v) is 12.9. The molecule has 0 unspecified atom stereocenters. The number of hydrogen-bond acceptors (Lipinski definition) is 5. The van der Waals surface area contributed by atoms with Gasteiger partial charge in [0.25, 0.3) is 5.91 Å². The highest BCUT2D eigenvalue weighted by Crippen LogP contribution is 2.16. The fourth-order valence-corrected chi connectivity index (χ4v) is 2.41. The molecule has 1 saturated heterocycles. The number of ether oxygens (including phenoxy) is 1. The highest BCUT2D eigenvalue weighted by Gasteiger charge is 2.16. The average Bonchev–Trinajstić information content (AvgIpc) is 2.51. The van der Waals surface area contributed by atoms with Gasteiger partial charge in [-0.15, -0.1) is 0 Å². The van der Waals surface area contributed by atoms with E-state index in [9.17, 15) is 4.79 Å². The molecule has 0 aromatic carbocycles. The number of nitrogens with one attached hydrogen (secondary N) is 1. The Kier molecular flexibility index (Phi) is 5.92. The Morgan fingerprint density at radius 2 is 2.10 bits per heavy atom. The number of aromatic nitrogens is 2. The van der Waals surface area contributed by atoms with Gasteiger partial charge < -0.3 is 15.0 Å². The summed E-state index contributed by atoms with van der Waals surface area (Å²) in [4.78, 5) is 23.2. The summed E-state index contributed by atoms with van der Waals surface area (Å²) < 4.78 is 4.96. The summed E-state index contributed by atoms with van der Waals surface area (Å²) in [5.41, 5.74) is 1.27. The zero-order valence-electron chi connectivity index (χ0n) is 12.9. The number of hydrogen-bond donors (Lipinski definition) is 1. The molecule has 21 heavy (non-hydrogen) atoms. The first-order valence-corrected chi connectivity index (χ1v) is 7.58. The van der Waals surface area contributed by atoms with Gasteiger partial charge in [-0.25, -0.2) is 9.97 Å². The summed E-state index contributed by atoms with van der Waals surface area (Å²) in [5.74, 6) is 0.534. The minimum absolute atomic E-state index is 0.144. The fourth-order valence-electron chi connectivity index (χ4n) is 2.41. The summed E-state index contributed by atoms with van der Waals surface area (Å²) in [6.45, 7) is 5.07. The van der Waals surface area contributed by atoms with E-state index in [0.717, 1.165) is 38.0 Å². The molecular weight excluding hydrogens is 268 g/mol. The Morgan fingerprint density at radius 3 is 2.81 bits per heavy atom. The van der Waals surface area contributed by atoms with Gasteiger partial charge in [0.05, 0.1) is 0 Å². The van der Waals surface area contributed by atoms with Gasteiger partial charge in [0, 0.05) is 39.0 Å². The van der Waals surface area contributed by atoms with Crippen molar-refractivity contribution in [3.8, 4) is 0 Å². The molecule has 0 radical (unpaired) electrons. The molecule has 1 amide bonds. The third-order valence-electron chi connectivity index (χ3n) is 3.52. The van der Waals surface area contributed by atoms with Crippen LogP contribution in [0.25, 0.3) is 0 Å². The van der Waals surface area contributed by atoms with Crippen LogP contribution >= 0.6 is 0 Å². The number of carbonyl (C=O) groups is 1. The molecule has 2 heterocycles. The minimum atomic E-state index is -0.144. The standard InChI is InChI=1S/C15H24N4O2/c1-12-11-13(14(20)16-7-6-10-21-2)18-15(17-12)19-8-4-3-5-9-19/h11H,3-10H2,1-2H3,(H,16,20). The number of rotatable bonds is 6. The van der Waals surface area contributed by atoms with Gasteiger partial charge in [0.2, 0.25) is 5.95 Å². The van der Waals surface area contributed by atoms with Crippen LogP contribution in [0.1, 0.15) is 41.9 Å². The van der Waals surface area contributed by atoms with Gasteiger partial charge in [-0.3, -0.25) is 4.79 Å². The van der Waals surface area contributed by atoms with E-state index in [1.807, 2.05) is 6.92 Å². The normalized spacial score (nSPS) is 15.0. The summed E-state index contributed by atoms with van der Waals surface area (Å²) >= 11 is 0. The van der Waals surface area contributed by atoms with Crippen molar-refractivity contribution < 1.29 is 9.53 Å². The molecule has 116 valence electrons. The molecule has 6 nitrogen and oxygen atoms in total. The maximum Gasteiger partial charge on any atom is 0.270 e. The maximum atomic E-state index is 12.1. The van der Waals surface area contributed by atoms with Gasteiger partial charge in [-0.05, 0) is 38.7 Å². The lowest BCUT2D eigenvalue weighted by Crippen LogP contribution is -2.32. The Balaban J connectivity index is 2.01. The van der Waals surface area contributed by atoms with Gasteiger partial charge in [0.1, 0.15) is 5.69 Å². The molecule has 1 fully saturated rings. The lowest BCUT2D eigenvalue weighted by Gasteiger charge is -2.27. The number of nitrogens with zero attached hydrogens (tertiary/aromatic N) is 3. The Bertz CT molecular complexity index is 473.